The van der Waals surface area contributed by atoms with E-state index in [0.717, 1.165) is 48.6 Å². The molecule has 4 aromatic rings. The molecule has 37 heavy (non-hydrogen) atoms. The van der Waals surface area contributed by atoms with Gasteiger partial charge in [-0.25, -0.2) is 9.97 Å². The molecule has 1 aliphatic heterocycles. The second-order valence-electron chi connectivity index (χ2n) is 9.47. The third kappa shape index (κ3) is 5.11. The molecule has 9 nitrogen and oxygen atoms in total. The summed E-state index contributed by atoms with van der Waals surface area (Å²) < 4.78 is 42.0. The topological polar surface area (TPSA) is 104 Å². The number of nitrogens with one attached hydrogen (secondary N) is 2. The number of anilines is 4. The molecule has 0 aromatic carbocycles. The molecule has 0 aliphatic carbocycles. The van der Waals surface area contributed by atoms with Crippen LogP contribution >= 0.6 is 11.3 Å². The van der Waals surface area contributed by atoms with Crippen molar-refractivity contribution in [3.63, 3.8) is 0 Å². The van der Waals surface area contributed by atoms with Gasteiger partial charge in [-0.2, -0.15) is 23.3 Å². The Balaban J connectivity index is 1.42. The van der Waals surface area contributed by atoms with Crippen molar-refractivity contribution < 1.29 is 18.3 Å². The van der Waals surface area contributed by atoms with Gasteiger partial charge in [0.25, 0.3) is 0 Å². The molecule has 4 aromatic heterocycles. The summed E-state index contributed by atoms with van der Waals surface area (Å²) in [6.07, 6.45) is 0.828. The van der Waals surface area contributed by atoms with Gasteiger partial charge in [0.1, 0.15) is 16.5 Å². The zero-order valence-corrected chi connectivity index (χ0v) is 21.4. The second kappa shape index (κ2) is 9.54. The number of pyridine rings is 1. The minimum atomic E-state index is -4.88. The van der Waals surface area contributed by atoms with E-state index in [0.29, 0.717) is 29.6 Å². The van der Waals surface area contributed by atoms with Crippen LogP contribution in [-0.4, -0.2) is 61.1 Å². The molecule has 0 amide bonds. The van der Waals surface area contributed by atoms with Crippen molar-refractivity contribution in [2.24, 2.45) is 0 Å². The van der Waals surface area contributed by atoms with Gasteiger partial charge in [-0.1, -0.05) is 6.07 Å². The lowest BCUT2D eigenvalue weighted by Gasteiger charge is -2.28. The van der Waals surface area contributed by atoms with E-state index in [9.17, 15) is 18.3 Å². The number of hydrogen-bond acceptors (Lipinski definition) is 9. The van der Waals surface area contributed by atoms with E-state index >= 15 is 0 Å². The van der Waals surface area contributed by atoms with E-state index in [2.05, 4.69) is 42.6 Å². The maximum absolute atomic E-state index is 13.3. The number of nitrogens with zero attached hydrogens (tertiary/aromatic N) is 6. The third-order valence-electron chi connectivity index (χ3n) is 6.58. The number of aliphatic hydroxyl groups is 1. The first-order chi connectivity index (χ1) is 17.5. The molecule has 5 heterocycles. The first kappa shape index (κ1) is 25.4. The number of rotatable bonds is 6. The van der Waals surface area contributed by atoms with Gasteiger partial charge in [0, 0.05) is 6.20 Å². The van der Waals surface area contributed by atoms with Crippen molar-refractivity contribution in [2.45, 2.75) is 44.5 Å². The van der Waals surface area contributed by atoms with Crippen molar-refractivity contribution in [1.29, 1.82) is 0 Å². The fraction of sp³-hybridized carbons (Fsp3) is 0.417. The minimum absolute atomic E-state index is 0.119. The van der Waals surface area contributed by atoms with Crippen LogP contribution in [0.15, 0.2) is 36.0 Å². The highest BCUT2D eigenvalue weighted by molar-refractivity contribution is 7.17. The number of piperidine rings is 1. The molecule has 3 N–H and O–H groups in total. The molecule has 1 unspecified atom stereocenters. The normalized spacial score (nSPS) is 17.2. The summed E-state index contributed by atoms with van der Waals surface area (Å²) in [5.41, 5.74) is -1.96. The van der Waals surface area contributed by atoms with Crippen molar-refractivity contribution in [1.82, 2.24) is 29.6 Å². The Labute approximate surface area is 215 Å². The fourth-order valence-electron chi connectivity index (χ4n) is 4.26. The van der Waals surface area contributed by atoms with E-state index < -0.39 is 17.5 Å². The van der Waals surface area contributed by atoms with Crippen molar-refractivity contribution in [3.8, 4) is 0 Å². The monoisotopic (exact) mass is 532 g/mol. The number of thiophene rings is 1. The zero-order chi connectivity index (χ0) is 26.4. The van der Waals surface area contributed by atoms with Crippen molar-refractivity contribution in [2.75, 3.05) is 30.8 Å². The molecule has 0 saturated carbocycles. The van der Waals surface area contributed by atoms with Crippen LogP contribution in [-0.2, 0) is 5.60 Å². The van der Waals surface area contributed by atoms with Crippen LogP contribution in [0.4, 0.5) is 36.4 Å². The van der Waals surface area contributed by atoms with Gasteiger partial charge in [-0.15, -0.1) is 11.3 Å². The number of aromatic nitrogens is 5. The van der Waals surface area contributed by atoms with Crippen LogP contribution in [0.25, 0.3) is 10.2 Å². The highest BCUT2D eigenvalue weighted by Gasteiger charge is 2.52. The molecular formula is C24H27F3N8OS. The molecule has 0 spiro atoms. The summed E-state index contributed by atoms with van der Waals surface area (Å²) >= 11 is 1.44. The molecule has 1 fully saturated rings. The van der Waals surface area contributed by atoms with E-state index in [-0.39, 0.29) is 5.82 Å². The van der Waals surface area contributed by atoms with E-state index in [1.807, 2.05) is 23.2 Å². The summed E-state index contributed by atoms with van der Waals surface area (Å²) in [6.45, 7) is 4.63. The second-order valence-corrected chi connectivity index (χ2v) is 10.3. The Morgan fingerprint density at radius 1 is 1.11 bits per heavy atom. The van der Waals surface area contributed by atoms with Crippen LogP contribution in [0.1, 0.15) is 37.1 Å². The Morgan fingerprint density at radius 3 is 2.59 bits per heavy atom. The molecule has 1 saturated heterocycles. The van der Waals surface area contributed by atoms with Gasteiger partial charge >= 0.3 is 6.18 Å². The van der Waals surface area contributed by atoms with Gasteiger partial charge in [0.2, 0.25) is 5.95 Å². The maximum atomic E-state index is 13.3. The molecular weight excluding hydrogens is 505 g/mol. The first-order valence-electron chi connectivity index (χ1n) is 11.8. The van der Waals surface area contributed by atoms with E-state index in [1.165, 1.54) is 23.5 Å². The van der Waals surface area contributed by atoms with Crippen LogP contribution in [0.5, 0.6) is 0 Å². The number of hydrogen-bond donors (Lipinski definition) is 3. The Kier molecular flexibility index (Phi) is 6.54. The third-order valence-corrected chi connectivity index (χ3v) is 7.57. The quantitative estimate of drug-likeness (QED) is 0.315. The lowest BCUT2D eigenvalue weighted by Crippen LogP contribution is -2.40. The molecule has 5 rings (SSSR count). The Hall–Kier alpha value is -3.29. The highest BCUT2D eigenvalue weighted by atomic mass is 32.1. The number of alkyl halides is 3. The van der Waals surface area contributed by atoms with Gasteiger partial charge in [0.05, 0.1) is 29.0 Å². The number of aryl methyl sites for hydroxylation is 1. The smallest absolute Gasteiger partial charge is 0.375 e. The number of likely N-dealkylation sites (tertiary alicyclic amines) is 1. The number of halogens is 3. The van der Waals surface area contributed by atoms with Crippen LogP contribution in [0.2, 0.25) is 0 Å². The summed E-state index contributed by atoms with van der Waals surface area (Å²) in [6, 6.07) is 4.39. The summed E-state index contributed by atoms with van der Waals surface area (Å²) in [4.78, 5) is 16.3. The molecule has 13 heteroatoms. The predicted octanol–water partition coefficient (Wildman–Crippen LogP) is 5.11. The average Bonchev–Trinajstić information content (AvgIpc) is 3.46. The van der Waals surface area contributed by atoms with Crippen LogP contribution < -0.4 is 10.6 Å². The van der Waals surface area contributed by atoms with Gasteiger partial charge < -0.3 is 20.6 Å². The largest absolute Gasteiger partial charge is 0.422 e. The lowest BCUT2D eigenvalue weighted by molar-refractivity contribution is -0.260. The predicted molar refractivity (Wildman–Crippen MR) is 137 cm³/mol. The summed E-state index contributed by atoms with van der Waals surface area (Å²) in [7, 11) is 2.11. The SMILES string of the molecule is Cc1csc2nc(Nc3cnn(C4CCN(C)CC4)c3)nc(Nc3cccc(C(C)(O)C(F)(F)F)n3)c12. The van der Waals surface area contributed by atoms with E-state index in [1.54, 1.807) is 6.20 Å². The fourth-order valence-corrected chi connectivity index (χ4v) is 5.18. The maximum Gasteiger partial charge on any atom is 0.422 e. The molecule has 0 bridgehead atoms. The zero-order valence-electron chi connectivity index (χ0n) is 20.5. The Bertz CT molecular complexity index is 1410. The lowest BCUT2D eigenvalue weighted by atomic mass is 10.0. The van der Waals surface area contributed by atoms with Crippen LogP contribution in [0, 0.1) is 6.92 Å². The molecule has 196 valence electrons. The van der Waals surface area contributed by atoms with Gasteiger partial charge in [0.15, 0.2) is 5.60 Å². The van der Waals surface area contributed by atoms with Crippen molar-refractivity contribution in [3.05, 3.63) is 47.2 Å². The van der Waals surface area contributed by atoms with Crippen molar-refractivity contribution >= 4 is 44.8 Å². The van der Waals surface area contributed by atoms with Gasteiger partial charge in [-0.3, -0.25) is 4.68 Å². The highest BCUT2D eigenvalue weighted by Crippen LogP contribution is 2.38. The molecule has 1 atom stereocenters. The Morgan fingerprint density at radius 2 is 1.86 bits per heavy atom. The van der Waals surface area contributed by atoms with E-state index in [4.69, 9.17) is 0 Å². The first-order valence-corrected chi connectivity index (χ1v) is 12.7. The average molecular weight is 533 g/mol. The summed E-state index contributed by atoms with van der Waals surface area (Å²) in [5, 5.41) is 23.5. The van der Waals surface area contributed by atoms with Crippen LogP contribution in [0.3, 0.4) is 0 Å². The van der Waals surface area contributed by atoms with Gasteiger partial charge in [-0.05, 0) is 69.9 Å². The minimum Gasteiger partial charge on any atom is -0.375 e. The molecule has 0 radical (unpaired) electrons. The molecule has 1 aliphatic rings. The number of fused-ring (bicyclic) bond motifs is 1. The summed E-state index contributed by atoms with van der Waals surface area (Å²) in [5.74, 6) is 0.831. The standard InChI is InChI=1S/C24H27F3N8OS/c1-14-13-37-21-19(14)20(31-18-6-4-5-17(30-18)23(2,36)24(25,26)27)32-22(33-21)29-15-11-28-35(12-15)16-7-9-34(3)10-8-16/h4-6,11-13,16,36H,7-10H2,1-3H3,(H2,29,30,31,32,33).